The van der Waals surface area contributed by atoms with Gasteiger partial charge < -0.3 is 14.2 Å². The van der Waals surface area contributed by atoms with Crippen molar-refractivity contribution in [2.24, 2.45) is 5.84 Å². The van der Waals surface area contributed by atoms with Crippen molar-refractivity contribution in [2.45, 2.75) is 45.4 Å². The largest absolute Gasteiger partial charge is 0.493 e. The molecule has 1 atom stereocenters. The van der Waals surface area contributed by atoms with E-state index in [9.17, 15) is 9.00 Å². The molecule has 0 bridgehead atoms. The lowest BCUT2D eigenvalue weighted by molar-refractivity contribution is 0.0163. The molecule has 1 unspecified atom stereocenters. The fraction of sp³-hybridized carbons (Fsp3) is 0.355. The molecule has 10 heteroatoms. The zero-order valence-corrected chi connectivity index (χ0v) is 25.2. The number of amidine groups is 1. The van der Waals surface area contributed by atoms with Gasteiger partial charge in [-0.3, -0.25) is 19.5 Å². The summed E-state index contributed by atoms with van der Waals surface area (Å²) in [6, 6.07) is 21.9. The Kier molecular flexibility index (Phi) is 9.04. The summed E-state index contributed by atoms with van der Waals surface area (Å²) in [5.41, 5.74) is 2.60. The van der Waals surface area contributed by atoms with Gasteiger partial charge in [0.05, 0.1) is 18.8 Å². The molecule has 41 heavy (non-hydrogen) atoms. The third-order valence-corrected chi connectivity index (χ3v) is 9.03. The number of nitrogens with two attached hydrogens (primary N) is 1. The van der Waals surface area contributed by atoms with Crippen molar-refractivity contribution in [3.8, 4) is 11.5 Å². The van der Waals surface area contributed by atoms with Crippen LogP contribution in [0.4, 0.5) is 10.5 Å². The first-order chi connectivity index (χ1) is 19.4. The Morgan fingerprint density at radius 3 is 2.32 bits per heavy atom. The number of thiol groups is 1. The second kappa shape index (κ2) is 12.3. The number of carbonyl (C=O) groups excluding carboxylic acids is 1. The molecule has 220 valence electrons. The maximum absolute atomic E-state index is 14.2. The monoisotopic (exact) mass is 580 g/mol. The molecule has 1 aliphatic rings. The molecule has 1 heterocycles. The van der Waals surface area contributed by atoms with Gasteiger partial charge in [-0.1, -0.05) is 48.5 Å². The third kappa shape index (κ3) is 7.25. The number of para-hydroxylation sites is 1. The maximum Gasteiger partial charge on any atom is 0.410 e. The summed E-state index contributed by atoms with van der Waals surface area (Å²) in [4.78, 5) is 15.0. The van der Waals surface area contributed by atoms with Crippen molar-refractivity contribution in [3.05, 3.63) is 89.5 Å². The minimum absolute atomic E-state index is 0.00594. The molecule has 3 aromatic carbocycles. The molecule has 0 aliphatic carbocycles. The van der Waals surface area contributed by atoms with E-state index in [4.69, 9.17) is 25.5 Å². The first-order valence-corrected chi connectivity index (χ1v) is 15.9. The Hall–Kier alpha value is -3.89. The van der Waals surface area contributed by atoms with Gasteiger partial charge in [0.15, 0.2) is 16.7 Å². The van der Waals surface area contributed by atoms with Crippen molar-refractivity contribution in [1.82, 2.24) is 4.90 Å². The highest BCUT2D eigenvalue weighted by atomic mass is 32.2. The van der Waals surface area contributed by atoms with Gasteiger partial charge in [0.1, 0.15) is 12.2 Å². The summed E-state index contributed by atoms with van der Waals surface area (Å²) in [5.74, 6) is 7.34. The van der Waals surface area contributed by atoms with Crippen molar-refractivity contribution >= 4 is 26.9 Å². The lowest BCUT2D eigenvalue weighted by Crippen LogP contribution is -2.50. The minimum Gasteiger partial charge on any atom is -0.493 e. The van der Waals surface area contributed by atoms with E-state index in [1.165, 1.54) is 6.26 Å². The van der Waals surface area contributed by atoms with E-state index < -0.39 is 27.7 Å². The van der Waals surface area contributed by atoms with E-state index in [-0.39, 0.29) is 10.9 Å². The molecule has 0 radical (unpaired) electrons. The number of nitrogens with one attached hydrogen (secondary N) is 1. The third-order valence-electron chi connectivity index (χ3n) is 6.88. The molecule has 0 saturated heterocycles. The van der Waals surface area contributed by atoms with Crippen LogP contribution in [0.1, 0.15) is 43.5 Å². The van der Waals surface area contributed by atoms with Crippen LogP contribution in [0, 0.1) is 5.41 Å². The molecule has 3 aromatic rings. The summed E-state index contributed by atoms with van der Waals surface area (Å²) in [6.07, 6.45) is 1.58. The summed E-state index contributed by atoms with van der Waals surface area (Å²) in [5, 5.41) is 9.71. The normalized spacial score (nSPS) is 15.5. The fourth-order valence-corrected chi connectivity index (χ4v) is 6.61. The van der Waals surface area contributed by atoms with Crippen LogP contribution < -0.4 is 20.3 Å². The number of hydrogen-bond acceptors (Lipinski definition) is 7. The Labute approximate surface area is 243 Å². The van der Waals surface area contributed by atoms with Gasteiger partial charge in [0.2, 0.25) is 0 Å². The number of carbonyl (C=O) groups is 1. The number of hydrogen-bond donors (Lipinski definition) is 3. The van der Waals surface area contributed by atoms with Crippen LogP contribution in [0.15, 0.2) is 72.8 Å². The van der Waals surface area contributed by atoms with E-state index in [1.807, 2.05) is 69.3 Å². The second-order valence-electron chi connectivity index (χ2n) is 11.2. The predicted octanol–water partition coefficient (Wildman–Crippen LogP) is 5.07. The number of fused-ring (bicyclic) bond motifs is 1. The number of anilines is 1. The molecular weight excluding hydrogens is 540 g/mol. The molecular formula is C31H40N4O5S. The zero-order chi connectivity index (χ0) is 29.8. The van der Waals surface area contributed by atoms with Crippen molar-refractivity contribution in [3.63, 3.8) is 0 Å². The molecule has 0 spiro atoms. The second-order valence-corrected chi connectivity index (χ2v) is 14.2. The Bertz CT molecular complexity index is 1430. The van der Waals surface area contributed by atoms with Crippen molar-refractivity contribution in [1.29, 1.82) is 5.41 Å². The van der Waals surface area contributed by atoms with E-state index in [1.54, 1.807) is 36.3 Å². The van der Waals surface area contributed by atoms with Crippen LogP contribution in [0.5, 0.6) is 11.5 Å². The molecule has 9 nitrogen and oxygen atoms in total. The van der Waals surface area contributed by atoms with Gasteiger partial charge >= 0.3 is 6.09 Å². The summed E-state index contributed by atoms with van der Waals surface area (Å²) >= 11 is 0. The minimum atomic E-state index is -3.38. The zero-order valence-electron chi connectivity index (χ0n) is 24.3. The lowest BCUT2D eigenvalue weighted by Gasteiger charge is -2.40. The topological polar surface area (TPSA) is 118 Å². The smallest absolute Gasteiger partial charge is 0.410 e. The average molecular weight is 581 g/mol. The number of ether oxygens (including phenoxy) is 3. The predicted molar refractivity (Wildman–Crippen MR) is 164 cm³/mol. The Balaban J connectivity index is 1.69. The molecule has 3 N–H and O–H groups in total. The molecule has 1 aliphatic heterocycles. The van der Waals surface area contributed by atoms with Gasteiger partial charge in [0.25, 0.3) is 0 Å². The van der Waals surface area contributed by atoms with Crippen LogP contribution in [-0.4, -0.2) is 51.6 Å². The lowest BCUT2D eigenvalue weighted by atomic mass is 9.93. The van der Waals surface area contributed by atoms with E-state index >= 15 is 0 Å². The van der Waals surface area contributed by atoms with Crippen LogP contribution in [0.3, 0.4) is 0 Å². The molecule has 1 amide bonds. The molecule has 0 aromatic heterocycles. The number of hydrazine groups is 1. The van der Waals surface area contributed by atoms with Gasteiger partial charge in [-0.2, -0.15) is 0 Å². The number of methoxy groups -OCH3 is 1. The van der Waals surface area contributed by atoms with Gasteiger partial charge in [-0.15, -0.1) is 0 Å². The van der Waals surface area contributed by atoms with Crippen LogP contribution in [-0.2, 0) is 27.7 Å². The first kappa shape index (κ1) is 30.1. The number of benzene rings is 3. The van der Waals surface area contributed by atoms with E-state index in [0.717, 1.165) is 21.7 Å². The van der Waals surface area contributed by atoms with Gasteiger partial charge in [0, 0.05) is 12.3 Å². The van der Waals surface area contributed by atoms with E-state index in [2.05, 4.69) is 0 Å². The van der Waals surface area contributed by atoms with Gasteiger partial charge in [-0.25, -0.2) is 10.6 Å². The Morgan fingerprint density at radius 2 is 1.71 bits per heavy atom. The van der Waals surface area contributed by atoms with Crippen molar-refractivity contribution < 1.29 is 23.2 Å². The van der Waals surface area contributed by atoms with Crippen LogP contribution in [0.25, 0.3) is 0 Å². The fourth-order valence-electron chi connectivity index (χ4n) is 4.81. The SMILES string of the molecule is COc1cc2c(cc1OCc1ccccc1)CCN(C(=O)OC(C)(C)C)C2C[SH](C)(=O)C(=N)N(N)c1ccccc1. The highest BCUT2D eigenvalue weighted by Crippen LogP contribution is 2.40. The summed E-state index contributed by atoms with van der Waals surface area (Å²) in [6.45, 7) is 6.16. The molecule has 0 saturated carbocycles. The molecule has 4 rings (SSSR count). The molecule has 0 fully saturated rings. The highest BCUT2D eigenvalue weighted by molar-refractivity contribution is 8.16. The number of nitrogens with zero attached hydrogens (tertiary/aromatic N) is 2. The quantitative estimate of drug-likeness (QED) is 0.117. The standard InChI is InChI=1S/C31H40N4O5S/c1-31(2,3)40-30(36)34-17-16-23-18-28(39-20-22-12-8-6-9-13-22)27(38-4)19-25(23)26(34)21-41(5,37)29(32)35(33)24-14-10-7-11-15-24/h6-15,18-19,26,32,41H,16-17,20-21,33H2,1-5H3. The van der Waals surface area contributed by atoms with Crippen molar-refractivity contribution in [2.75, 3.05) is 30.7 Å². The average Bonchev–Trinajstić information content (AvgIpc) is 2.94. The van der Waals surface area contributed by atoms with Crippen LogP contribution >= 0.6 is 0 Å². The maximum atomic E-state index is 14.2. The summed E-state index contributed by atoms with van der Waals surface area (Å²) < 4.78 is 31.7. The van der Waals surface area contributed by atoms with E-state index in [0.29, 0.717) is 36.8 Å². The Morgan fingerprint density at radius 1 is 1.07 bits per heavy atom. The number of amides is 1. The highest BCUT2D eigenvalue weighted by Gasteiger charge is 2.38. The first-order valence-electron chi connectivity index (χ1n) is 13.5. The summed E-state index contributed by atoms with van der Waals surface area (Å²) in [7, 11) is -1.82. The van der Waals surface area contributed by atoms with Gasteiger partial charge in [-0.05, 0) is 84.3 Å². The number of rotatable bonds is 7. The van der Waals surface area contributed by atoms with Crippen LogP contribution in [0.2, 0.25) is 0 Å².